The lowest BCUT2D eigenvalue weighted by Crippen LogP contribution is -2.14. The molecule has 0 spiro atoms. The van der Waals surface area contributed by atoms with Crippen LogP contribution in [0.5, 0.6) is 0 Å². The number of carbonyl (C=O) groups is 1. The number of aromatic carboxylic acids is 1. The second kappa shape index (κ2) is 5.66. The maximum Gasteiger partial charge on any atom is 0.336 e. The SMILES string of the molecule is Cc1cnc(NS(=O)(=O)c2ccc(I)c(C(=O)O)c2)s1. The summed E-state index contributed by atoms with van der Waals surface area (Å²) in [4.78, 5) is 15.7. The molecule has 0 unspecified atom stereocenters. The van der Waals surface area contributed by atoms with Gasteiger partial charge < -0.3 is 5.11 Å². The molecule has 0 aliphatic heterocycles. The molecule has 1 heterocycles. The number of aromatic nitrogens is 1. The van der Waals surface area contributed by atoms with Gasteiger partial charge in [0.1, 0.15) is 0 Å². The van der Waals surface area contributed by atoms with Crippen LogP contribution in [-0.2, 0) is 10.0 Å². The number of hydrogen-bond donors (Lipinski definition) is 2. The van der Waals surface area contributed by atoms with E-state index in [-0.39, 0.29) is 15.6 Å². The van der Waals surface area contributed by atoms with Crippen LogP contribution in [0.4, 0.5) is 5.13 Å². The molecule has 2 N–H and O–H groups in total. The average molecular weight is 424 g/mol. The molecule has 0 aliphatic carbocycles. The van der Waals surface area contributed by atoms with Crippen molar-refractivity contribution in [2.45, 2.75) is 11.8 Å². The van der Waals surface area contributed by atoms with Crippen molar-refractivity contribution in [3.05, 3.63) is 38.4 Å². The van der Waals surface area contributed by atoms with E-state index in [1.807, 2.05) is 29.5 Å². The van der Waals surface area contributed by atoms with Gasteiger partial charge in [-0.15, -0.1) is 11.3 Å². The first-order chi connectivity index (χ1) is 9.29. The highest BCUT2D eigenvalue weighted by Crippen LogP contribution is 2.23. The first-order valence-electron chi connectivity index (χ1n) is 5.28. The van der Waals surface area contributed by atoms with Crippen molar-refractivity contribution < 1.29 is 18.3 Å². The summed E-state index contributed by atoms with van der Waals surface area (Å²) < 4.78 is 27.1. The predicted octanol–water partition coefficient (Wildman–Crippen LogP) is 2.56. The number of benzene rings is 1. The number of nitrogens with zero attached hydrogens (tertiary/aromatic N) is 1. The van der Waals surface area contributed by atoms with E-state index in [0.717, 1.165) is 10.9 Å². The molecule has 6 nitrogen and oxygen atoms in total. The van der Waals surface area contributed by atoms with Gasteiger partial charge in [0, 0.05) is 14.6 Å². The summed E-state index contributed by atoms with van der Waals surface area (Å²) in [7, 11) is -3.84. The van der Waals surface area contributed by atoms with Gasteiger partial charge in [-0.05, 0) is 47.7 Å². The van der Waals surface area contributed by atoms with Crippen molar-refractivity contribution in [3.8, 4) is 0 Å². The molecule has 2 rings (SSSR count). The summed E-state index contributed by atoms with van der Waals surface area (Å²) in [6, 6.07) is 3.94. The number of sulfonamides is 1. The highest BCUT2D eigenvalue weighted by molar-refractivity contribution is 14.1. The number of rotatable bonds is 4. The van der Waals surface area contributed by atoms with Gasteiger partial charge in [-0.3, -0.25) is 4.72 Å². The molecule has 0 fully saturated rings. The third-order valence-electron chi connectivity index (χ3n) is 2.32. The standard InChI is InChI=1S/C11H9IN2O4S2/c1-6-5-13-11(19-6)14-20(17,18)7-2-3-9(12)8(4-7)10(15)16/h2-5H,1H3,(H,13,14)(H,15,16). The van der Waals surface area contributed by atoms with Crippen molar-refractivity contribution in [1.29, 1.82) is 0 Å². The van der Waals surface area contributed by atoms with Crippen LogP contribution in [0.15, 0.2) is 29.3 Å². The number of halogens is 1. The van der Waals surface area contributed by atoms with Crippen LogP contribution in [0, 0.1) is 10.5 Å². The summed E-state index contributed by atoms with van der Waals surface area (Å²) in [6.45, 7) is 1.81. The van der Waals surface area contributed by atoms with Gasteiger partial charge in [-0.2, -0.15) is 0 Å². The van der Waals surface area contributed by atoms with E-state index in [1.165, 1.54) is 23.5 Å². The lowest BCUT2D eigenvalue weighted by atomic mass is 10.2. The Kier molecular flexibility index (Phi) is 4.30. The second-order valence-corrected chi connectivity index (χ2v) is 7.91. The van der Waals surface area contributed by atoms with Crippen LogP contribution in [0.2, 0.25) is 0 Å². The fourth-order valence-electron chi connectivity index (χ4n) is 1.41. The van der Waals surface area contributed by atoms with Gasteiger partial charge >= 0.3 is 5.97 Å². The summed E-state index contributed by atoms with van der Waals surface area (Å²) in [5, 5.41) is 9.27. The zero-order valence-corrected chi connectivity index (χ0v) is 13.9. The Morgan fingerprint density at radius 2 is 2.15 bits per heavy atom. The Bertz CT molecular complexity index is 770. The fraction of sp³-hybridized carbons (Fsp3) is 0.0909. The molecule has 0 saturated carbocycles. The number of hydrogen-bond acceptors (Lipinski definition) is 5. The maximum atomic E-state index is 12.2. The van der Waals surface area contributed by atoms with Gasteiger partial charge in [0.25, 0.3) is 10.0 Å². The van der Waals surface area contributed by atoms with E-state index in [0.29, 0.717) is 3.57 Å². The Labute approximate surface area is 133 Å². The number of nitrogens with one attached hydrogen (secondary N) is 1. The third kappa shape index (κ3) is 3.27. The molecule has 0 aliphatic rings. The molecule has 1 aromatic carbocycles. The molecule has 0 bridgehead atoms. The zero-order valence-electron chi connectivity index (χ0n) is 10.1. The number of anilines is 1. The third-order valence-corrected chi connectivity index (χ3v) is 5.56. The first-order valence-corrected chi connectivity index (χ1v) is 8.65. The van der Waals surface area contributed by atoms with Crippen molar-refractivity contribution in [1.82, 2.24) is 4.98 Å². The van der Waals surface area contributed by atoms with Crippen molar-refractivity contribution in [2.75, 3.05) is 4.72 Å². The Balaban J connectivity index is 2.39. The topological polar surface area (TPSA) is 96.4 Å². The summed E-state index contributed by atoms with van der Waals surface area (Å²) >= 11 is 3.04. The van der Waals surface area contributed by atoms with E-state index >= 15 is 0 Å². The van der Waals surface area contributed by atoms with Crippen molar-refractivity contribution in [2.24, 2.45) is 0 Å². The second-order valence-electron chi connectivity index (χ2n) is 3.83. The minimum Gasteiger partial charge on any atom is -0.478 e. The van der Waals surface area contributed by atoms with Gasteiger partial charge in [-0.25, -0.2) is 18.2 Å². The molecule has 2 aromatic rings. The van der Waals surface area contributed by atoms with Crippen LogP contribution in [-0.4, -0.2) is 24.5 Å². The maximum absolute atomic E-state index is 12.2. The molecule has 0 radical (unpaired) electrons. The summed E-state index contributed by atoms with van der Waals surface area (Å²) in [5.41, 5.74) is -0.0520. The van der Waals surface area contributed by atoms with Crippen molar-refractivity contribution >= 4 is 55.1 Å². The van der Waals surface area contributed by atoms with Gasteiger partial charge in [-0.1, -0.05) is 0 Å². The van der Waals surface area contributed by atoms with Gasteiger partial charge in [0.2, 0.25) is 0 Å². The van der Waals surface area contributed by atoms with Gasteiger partial charge in [0.15, 0.2) is 5.13 Å². The number of aryl methyl sites for hydroxylation is 1. The van der Waals surface area contributed by atoms with Crippen molar-refractivity contribution in [3.63, 3.8) is 0 Å². The van der Waals surface area contributed by atoms with E-state index in [9.17, 15) is 13.2 Å². The lowest BCUT2D eigenvalue weighted by molar-refractivity contribution is 0.0695. The van der Waals surface area contributed by atoms with E-state index in [4.69, 9.17) is 5.11 Å². The molecular formula is C11H9IN2O4S2. The number of thiazole rings is 1. The smallest absolute Gasteiger partial charge is 0.336 e. The zero-order chi connectivity index (χ0) is 14.9. The van der Waals surface area contributed by atoms with Crippen LogP contribution in [0.3, 0.4) is 0 Å². The van der Waals surface area contributed by atoms with Crippen LogP contribution >= 0.6 is 33.9 Å². The Hall–Kier alpha value is -1.20. The quantitative estimate of drug-likeness (QED) is 0.736. The summed E-state index contributed by atoms with van der Waals surface area (Å²) in [5.74, 6) is -1.17. The van der Waals surface area contributed by atoms with E-state index < -0.39 is 16.0 Å². The van der Waals surface area contributed by atoms with E-state index in [1.54, 1.807) is 6.20 Å². The Morgan fingerprint density at radius 3 is 2.70 bits per heavy atom. The molecule has 20 heavy (non-hydrogen) atoms. The molecule has 0 amide bonds. The highest BCUT2D eigenvalue weighted by atomic mass is 127. The summed E-state index contributed by atoms with van der Waals surface area (Å²) in [6.07, 6.45) is 1.55. The molecule has 106 valence electrons. The predicted molar refractivity (Wildman–Crippen MR) is 83.8 cm³/mol. The first kappa shape index (κ1) is 15.2. The van der Waals surface area contributed by atoms with Crippen LogP contribution < -0.4 is 4.72 Å². The van der Waals surface area contributed by atoms with Crippen LogP contribution in [0.25, 0.3) is 0 Å². The Morgan fingerprint density at radius 1 is 1.45 bits per heavy atom. The largest absolute Gasteiger partial charge is 0.478 e. The highest BCUT2D eigenvalue weighted by Gasteiger charge is 2.19. The fourth-order valence-corrected chi connectivity index (χ4v) is 3.91. The molecule has 0 atom stereocenters. The minimum atomic E-state index is -3.84. The lowest BCUT2D eigenvalue weighted by Gasteiger charge is -2.07. The molecule has 0 saturated heterocycles. The molecular weight excluding hydrogens is 415 g/mol. The molecule has 1 aromatic heterocycles. The minimum absolute atomic E-state index is 0.0520. The van der Waals surface area contributed by atoms with E-state index in [2.05, 4.69) is 9.71 Å². The molecule has 9 heteroatoms. The average Bonchev–Trinajstić information content (AvgIpc) is 2.73. The normalized spacial score (nSPS) is 11.3. The van der Waals surface area contributed by atoms with Crippen LogP contribution in [0.1, 0.15) is 15.2 Å². The number of carboxylic acid groups (broad SMARTS) is 1. The van der Waals surface area contributed by atoms with Gasteiger partial charge in [0.05, 0.1) is 10.5 Å². The number of carboxylic acids is 1. The monoisotopic (exact) mass is 424 g/mol.